The molecule has 1 aliphatic heterocycles. The molecule has 3 aromatic heterocycles. The molecule has 4 aromatic rings. The minimum atomic E-state index is -0.614. The van der Waals surface area contributed by atoms with E-state index in [1.165, 1.54) is 0 Å². The minimum absolute atomic E-state index is 0.0698. The van der Waals surface area contributed by atoms with E-state index in [9.17, 15) is 9.59 Å². The molecule has 2 amide bonds. The van der Waals surface area contributed by atoms with Gasteiger partial charge in [-0.3, -0.25) is 19.7 Å². The summed E-state index contributed by atoms with van der Waals surface area (Å²) in [5.41, 5.74) is 2.33. The number of pyridine rings is 2. The molecule has 1 aliphatic carbocycles. The van der Waals surface area contributed by atoms with Crippen molar-refractivity contribution in [2.45, 2.75) is 77.2 Å². The predicted octanol–water partition coefficient (Wildman–Crippen LogP) is 5.99. The van der Waals surface area contributed by atoms with Gasteiger partial charge in [-0.2, -0.15) is 0 Å². The van der Waals surface area contributed by atoms with Crippen molar-refractivity contribution in [3.05, 3.63) is 66.7 Å². The van der Waals surface area contributed by atoms with Crippen LogP contribution in [-0.2, 0) is 35.1 Å². The van der Waals surface area contributed by atoms with Gasteiger partial charge in [0.15, 0.2) is 5.58 Å². The lowest BCUT2D eigenvalue weighted by molar-refractivity contribution is -0.126. The Morgan fingerprint density at radius 3 is 2.26 bits per heavy atom. The van der Waals surface area contributed by atoms with Crippen LogP contribution in [-0.4, -0.2) is 116 Å². The SMILES string of the molecule is CC(C)(C)OC(=O)N1[C@H](C(=O)NCCOCCOCCOCCOCCOc2ccc(COc3ccc4oc(-c5cccnc5)nc4c3)nc2)C[C@@H]2CCCC[C@@H]21. The summed E-state index contributed by atoms with van der Waals surface area (Å²) in [4.78, 5) is 40.9. The van der Waals surface area contributed by atoms with Gasteiger partial charge in [-0.25, -0.2) is 9.78 Å². The molecular weight excluding hydrogens is 734 g/mol. The molecule has 1 N–H and O–H groups in total. The molecule has 15 heteroatoms. The lowest BCUT2D eigenvalue weighted by Gasteiger charge is -2.34. The number of hydrogen-bond acceptors (Lipinski definition) is 13. The average Bonchev–Trinajstić information content (AvgIpc) is 3.82. The molecule has 0 bridgehead atoms. The number of carbonyl (C=O) groups is 2. The molecular formula is C42H55N5O10. The Kier molecular flexibility index (Phi) is 15.5. The van der Waals surface area contributed by atoms with Gasteiger partial charge in [0.25, 0.3) is 0 Å². The number of benzene rings is 1. The Bertz CT molecular complexity index is 1830. The van der Waals surface area contributed by atoms with Crippen molar-refractivity contribution in [3.63, 3.8) is 0 Å². The summed E-state index contributed by atoms with van der Waals surface area (Å²) in [6.45, 7) is 9.93. The molecule has 2 aliphatic rings. The molecule has 1 saturated heterocycles. The highest BCUT2D eigenvalue weighted by Crippen LogP contribution is 2.40. The predicted molar refractivity (Wildman–Crippen MR) is 210 cm³/mol. The number of ether oxygens (including phenoxy) is 7. The Hall–Kier alpha value is -4.83. The maximum Gasteiger partial charge on any atom is 0.411 e. The highest BCUT2D eigenvalue weighted by Gasteiger charge is 2.48. The molecule has 15 nitrogen and oxygen atoms in total. The zero-order valence-electron chi connectivity index (χ0n) is 33.2. The monoisotopic (exact) mass is 789 g/mol. The third-order valence-corrected chi connectivity index (χ3v) is 9.60. The quantitative estimate of drug-likeness (QED) is 0.0980. The Labute approximate surface area is 333 Å². The van der Waals surface area contributed by atoms with E-state index in [2.05, 4.69) is 20.3 Å². The van der Waals surface area contributed by atoms with Gasteiger partial charge in [-0.15, -0.1) is 0 Å². The van der Waals surface area contributed by atoms with Gasteiger partial charge >= 0.3 is 6.09 Å². The lowest BCUT2D eigenvalue weighted by Crippen LogP contribution is -2.51. The normalized spacial score (nSPS) is 18.0. The van der Waals surface area contributed by atoms with E-state index in [-0.39, 0.29) is 11.9 Å². The summed E-state index contributed by atoms with van der Waals surface area (Å²) >= 11 is 0. The number of nitrogens with one attached hydrogen (secondary N) is 1. The third kappa shape index (κ3) is 12.8. The number of amides is 2. The van der Waals surface area contributed by atoms with E-state index in [4.69, 9.17) is 37.6 Å². The van der Waals surface area contributed by atoms with E-state index >= 15 is 0 Å². The van der Waals surface area contributed by atoms with Crippen LogP contribution in [0.2, 0.25) is 0 Å². The summed E-state index contributed by atoms with van der Waals surface area (Å²) in [7, 11) is 0. The second-order valence-corrected chi connectivity index (χ2v) is 15.0. The zero-order valence-corrected chi connectivity index (χ0v) is 33.2. The first-order valence-electron chi connectivity index (χ1n) is 19.8. The van der Waals surface area contributed by atoms with Crippen molar-refractivity contribution in [2.75, 3.05) is 66.0 Å². The fourth-order valence-corrected chi connectivity index (χ4v) is 6.96. The summed E-state index contributed by atoms with van der Waals surface area (Å²) in [6, 6.07) is 12.5. The van der Waals surface area contributed by atoms with Crippen LogP contribution in [0.25, 0.3) is 22.6 Å². The summed E-state index contributed by atoms with van der Waals surface area (Å²) in [5, 5.41) is 2.95. The zero-order chi connectivity index (χ0) is 39.9. The third-order valence-electron chi connectivity index (χ3n) is 9.60. The number of nitrogens with zero attached hydrogens (tertiary/aromatic N) is 4. The van der Waals surface area contributed by atoms with Crippen LogP contribution >= 0.6 is 0 Å². The van der Waals surface area contributed by atoms with Crippen LogP contribution in [0.4, 0.5) is 4.79 Å². The second kappa shape index (κ2) is 21.1. The molecule has 3 atom stereocenters. The van der Waals surface area contributed by atoms with Crippen LogP contribution in [0.3, 0.4) is 0 Å². The number of likely N-dealkylation sites (tertiary alicyclic amines) is 1. The van der Waals surface area contributed by atoms with Gasteiger partial charge in [0, 0.05) is 31.0 Å². The van der Waals surface area contributed by atoms with Gasteiger partial charge < -0.3 is 42.9 Å². The van der Waals surface area contributed by atoms with Gasteiger partial charge in [0.05, 0.1) is 70.3 Å². The van der Waals surface area contributed by atoms with E-state index in [1.54, 1.807) is 23.5 Å². The summed E-state index contributed by atoms with van der Waals surface area (Å²) in [6.07, 6.45) is 9.53. The summed E-state index contributed by atoms with van der Waals surface area (Å²) < 4.78 is 45.5. The number of rotatable bonds is 21. The molecule has 57 heavy (non-hydrogen) atoms. The van der Waals surface area contributed by atoms with Crippen LogP contribution in [0.1, 0.15) is 58.6 Å². The van der Waals surface area contributed by atoms with Gasteiger partial charge in [0.2, 0.25) is 11.8 Å². The maximum atomic E-state index is 13.1. The average molecular weight is 790 g/mol. The second-order valence-electron chi connectivity index (χ2n) is 15.0. The number of aromatic nitrogens is 3. The Balaban J connectivity index is 0.739. The molecule has 0 unspecified atom stereocenters. The van der Waals surface area contributed by atoms with Gasteiger partial charge in [-0.1, -0.05) is 12.8 Å². The molecule has 308 valence electrons. The maximum absolute atomic E-state index is 13.1. The largest absolute Gasteiger partial charge is 0.490 e. The van der Waals surface area contributed by atoms with Crippen LogP contribution in [0, 0.1) is 5.92 Å². The van der Waals surface area contributed by atoms with E-state index in [0.717, 1.165) is 36.9 Å². The standard InChI is InChI=1S/C42H55N5O10/c1-42(2,3)57-41(49)47-36-9-5-4-7-30(36)25-37(47)39(48)44-15-16-50-17-18-51-19-20-52-21-22-53-23-24-54-34-11-10-32(45-28-34)29-55-33-12-13-38-35(26-33)46-40(56-38)31-8-6-14-43-27-31/h6,8,10-14,26-28,30,36-37H,4-5,7,9,15-25,29H2,1-3H3,(H,44,48)/t30-,36-,37-/m0/s1. The molecule has 6 rings (SSSR count). The van der Waals surface area contributed by atoms with E-state index < -0.39 is 17.7 Å². The minimum Gasteiger partial charge on any atom is -0.490 e. The van der Waals surface area contributed by atoms with Crippen LogP contribution in [0.15, 0.2) is 65.5 Å². The first-order valence-corrected chi connectivity index (χ1v) is 19.8. The summed E-state index contributed by atoms with van der Waals surface area (Å²) in [5.74, 6) is 2.02. The van der Waals surface area contributed by atoms with Crippen molar-refractivity contribution in [2.24, 2.45) is 5.92 Å². The molecule has 0 radical (unpaired) electrons. The van der Waals surface area contributed by atoms with Crippen molar-refractivity contribution in [3.8, 4) is 23.0 Å². The topological polar surface area (TPSA) is 166 Å². The molecule has 1 saturated carbocycles. The molecule has 0 spiro atoms. The molecule has 2 fully saturated rings. The van der Waals surface area contributed by atoms with Crippen molar-refractivity contribution in [1.29, 1.82) is 0 Å². The number of fused-ring (bicyclic) bond motifs is 2. The highest BCUT2D eigenvalue weighted by atomic mass is 16.6. The van der Waals surface area contributed by atoms with Crippen molar-refractivity contribution < 1.29 is 47.2 Å². The molecule has 4 heterocycles. The fourth-order valence-electron chi connectivity index (χ4n) is 6.96. The highest BCUT2D eigenvalue weighted by molar-refractivity contribution is 5.86. The Morgan fingerprint density at radius 2 is 1.56 bits per heavy atom. The van der Waals surface area contributed by atoms with Crippen molar-refractivity contribution in [1.82, 2.24) is 25.2 Å². The number of oxazole rings is 1. The Morgan fingerprint density at radius 1 is 0.842 bits per heavy atom. The smallest absolute Gasteiger partial charge is 0.411 e. The van der Waals surface area contributed by atoms with Crippen LogP contribution < -0.4 is 14.8 Å². The van der Waals surface area contributed by atoms with E-state index in [0.29, 0.717) is 113 Å². The lowest BCUT2D eigenvalue weighted by atomic mass is 9.85. The van der Waals surface area contributed by atoms with Gasteiger partial charge in [-0.05, 0) is 82.3 Å². The fraction of sp³-hybridized carbons (Fsp3) is 0.548. The van der Waals surface area contributed by atoms with Gasteiger partial charge in [0.1, 0.15) is 41.9 Å². The van der Waals surface area contributed by atoms with Crippen LogP contribution in [0.5, 0.6) is 11.5 Å². The first-order chi connectivity index (χ1) is 27.7. The number of hydrogen-bond donors (Lipinski definition) is 1. The number of carbonyl (C=O) groups excluding carboxylic acids is 2. The van der Waals surface area contributed by atoms with E-state index in [1.807, 2.05) is 63.2 Å². The first kappa shape index (κ1) is 41.8. The molecule has 1 aromatic carbocycles. The van der Waals surface area contributed by atoms with Crippen molar-refractivity contribution >= 4 is 23.1 Å².